The Kier molecular flexibility index (Phi) is 6.36. The normalized spacial score (nSPS) is 13.4. The van der Waals surface area contributed by atoms with Crippen LogP contribution >= 0.6 is 0 Å². The molecule has 6 nitrogen and oxygen atoms in total. The Labute approximate surface area is 199 Å². The Morgan fingerprint density at radius 3 is 2.53 bits per heavy atom. The van der Waals surface area contributed by atoms with Gasteiger partial charge in [-0.3, -0.25) is 9.10 Å². The summed E-state index contributed by atoms with van der Waals surface area (Å²) in [4.78, 5) is 15.3. The number of methoxy groups -OCH3 is 1. The van der Waals surface area contributed by atoms with Crippen molar-refractivity contribution in [2.75, 3.05) is 29.9 Å². The maximum absolute atomic E-state index is 13.9. The average molecular weight is 483 g/mol. The summed E-state index contributed by atoms with van der Waals surface area (Å²) in [6.45, 7) is 4.04. The van der Waals surface area contributed by atoms with Gasteiger partial charge in [0, 0.05) is 19.2 Å². The quantitative estimate of drug-likeness (QED) is 0.521. The highest BCUT2D eigenvalue weighted by Crippen LogP contribution is 2.34. The molecule has 0 saturated carbocycles. The summed E-state index contributed by atoms with van der Waals surface area (Å²) in [5.41, 5.74) is 3.52. The summed E-state index contributed by atoms with van der Waals surface area (Å²) in [5.74, 6) is -0.205. The summed E-state index contributed by atoms with van der Waals surface area (Å²) in [6.07, 6.45) is 1.39. The summed E-state index contributed by atoms with van der Waals surface area (Å²) < 4.78 is 47.3. The van der Waals surface area contributed by atoms with E-state index in [0.717, 1.165) is 9.87 Å². The Hall–Kier alpha value is -3.39. The van der Waals surface area contributed by atoms with Crippen LogP contribution in [0, 0.1) is 19.7 Å². The zero-order valence-electron chi connectivity index (χ0n) is 19.6. The zero-order chi connectivity index (χ0) is 24.6. The van der Waals surface area contributed by atoms with E-state index >= 15 is 0 Å². The van der Waals surface area contributed by atoms with Crippen LogP contribution in [-0.2, 0) is 16.4 Å². The van der Waals surface area contributed by atoms with E-state index in [2.05, 4.69) is 0 Å². The number of carbonyl (C=O) groups is 1. The molecule has 0 bridgehead atoms. The molecule has 0 fully saturated rings. The highest BCUT2D eigenvalue weighted by molar-refractivity contribution is 7.92. The molecule has 0 N–H and O–H groups in total. The molecular weight excluding hydrogens is 455 g/mol. The highest BCUT2D eigenvalue weighted by atomic mass is 32.2. The zero-order valence-corrected chi connectivity index (χ0v) is 20.4. The molecule has 3 aromatic carbocycles. The number of hydrogen-bond donors (Lipinski definition) is 0. The average Bonchev–Trinajstić information content (AvgIpc) is 2.82. The van der Waals surface area contributed by atoms with Gasteiger partial charge in [0.25, 0.3) is 15.9 Å². The minimum absolute atomic E-state index is 0.00270. The van der Waals surface area contributed by atoms with Crippen molar-refractivity contribution in [3.05, 3.63) is 82.7 Å². The summed E-state index contributed by atoms with van der Waals surface area (Å²) >= 11 is 0. The van der Waals surface area contributed by atoms with Crippen molar-refractivity contribution in [3.63, 3.8) is 0 Å². The first-order chi connectivity index (χ1) is 16.1. The van der Waals surface area contributed by atoms with Crippen LogP contribution in [0.3, 0.4) is 0 Å². The van der Waals surface area contributed by atoms with Gasteiger partial charge in [-0.1, -0.05) is 18.2 Å². The molecule has 8 heteroatoms. The van der Waals surface area contributed by atoms with Crippen molar-refractivity contribution in [1.29, 1.82) is 0 Å². The van der Waals surface area contributed by atoms with E-state index in [0.29, 0.717) is 53.2 Å². The van der Waals surface area contributed by atoms with Crippen molar-refractivity contribution in [3.8, 4) is 5.75 Å². The maximum Gasteiger partial charge on any atom is 0.264 e. The van der Waals surface area contributed by atoms with Crippen LogP contribution in [0.5, 0.6) is 5.75 Å². The standard InChI is InChI=1S/C26H27FN2O4S/c1-17-11-12-21(34(31,32)28(3)23-9-5-6-10-24(23)33-4)16-22(17)26(30)29-13-7-8-19-15-20(27)14-18(2)25(19)29/h5-6,9-12,14-16H,7-8,13H2,1-4H3. The van der Waals surface area contributed by atoms with Gasteiger partial charge in [-0.05, 0) is 79.8 Å². The van der Waals surface area contributed by atoms with Crippen LogP contribution in [0.25, 0.3) is 0 Å². The van der Waals surface area contributed by atoms with Crippen molar-refractivity contribution in [1.82, 2.24) is 0 Å². The number of fused-ring (bicyclic) bond motifs is 1. The first kappa shape index (κ1) is 23.8. The largest absolute Gasteiger partial charge is 0.495 e. The molecule has 0 aliphatic carbocycles. The lowest BCUT2D eigenvalue weighted by molar-refractivity contribution is 0.0984. The van der Waals surface area contributed by atoms with Gasteiger partial charge in [-0.2, -0.15) is 0 Å². The minimum atomic E-state index is -3.97. The number of benzene rings is 3. The third kappa shape index (κ3) is 4.14. The lowest BCUT2D eigenvalue weighted by Crippen LogP contribution is -2.37. The Morgan fingerprint density at radius 2 is 1.79 bits per heavy atom. The predicted molar refractivity (Wildman–Crippen MR) is 131 cm³/mol. The van der Waals surface area contributed by atoms with E-state index in [1.807, 2.05) is 0 Å². The third-order valence-electron chi connectivity index (χ3n) is 6.21. The lowest BCUT2D eigenvalue weighted by atomic mass is 9.96. The van der Waals surface area contributed by atoms with Gasteiger partial charge in [0.2, 0.25) is 0 Å². The molecule has 4 rings (SSSR count). The van der Waals surface area contributed by atoms with E-state index in [-0.39, 0.29) is 16.6 Å². The second-order valence-corrected chi connectivity index (χ2v) is 10.4. The van der Waals surface area contributed by atoms with Crippen molar-refractivity contribution >= 4 is 27.3 Å². The molecule has 1 aliphatic rings. The van der Waals surface area contributed by atoms with Crippen molar-refractivity contribution < 1.29 is 22.3 Å². The van der Waals surface area contributed by atoms with Crippen LogP contribution in [0.4, 0.5) is 15.8 Å². The molecule has 0 saturated heterocycles. The summed E-state index contributed by atoms with van der Waals surface area (Å²) in [5, 5.41) is 0. The van der Waals surface area contributed by atoms with Crippen LogP contribution < -0.4 is 13.9 Å². The second kappa shape index (κ2) is 9.10. The molecule has 0 atom stereocenters. The van der Waals surface area contributed by atoms with E-state index in [1.54, 1.807) is 49.1 Å². The molecule has 1 heterocycles. The van der Waals surface area contributed by atoms with Crippen LogP contribution in [0.1, 0.15) is 33.5 Å². The fourth-order valence-corrected chi connectivity index (χ4v) is 5.67. The molecule has 0 spiro atoms. The van der Waals surface area contributed by atoms with E-state index in [9.17, 15) is 17.6 Å². The number of halogens is 1. The molecule has 0 unspecified atom stereocenters. The second-order valence-electron chi connectivity index (χ2n) is 8.41. The first-order valence-corrected chi connectivity index (χ1v) is 12.4. The topological polar surface area (TPSA) is 66.9 Å². The number of rotatable bonds is 5. The van der Waals surface area contributed by atoms with E-state index in [4.69, 9.17) is 4.74 Å². The monoisotopic (exact) mass is 482 g/mol. The number of hydrogen-bond acceptors (Lipinski definition) is 4. The molecule has 0 aromatic heterocycles. The van der Waals surface area contributed by atoms with Crippen LogP contribution in [0.15, 0.2) is 59.5 Å². The molecule has 0 radical (unpaired) electrons. The third-order valence-corrected chi connectivity index (χ3v) is 7.98. The Bertz CT molecular complexity index is 1370. The van der Waals surface area contributed by atoms with Gasteiger partial charge in [0.15, 0.2) is 0 Å². The SMILES string of the molecule is COc1ccccc1N(C)S(=O)(=O)c1ccc(C)c(C(=O)N2CCCc3cc(F)cc(C)c32)c1. The number of anilines is 2. The highest BCUT2D eigenvalue weighted by Gasteiger charge is 2.29. The van der Waals surface area contributed by atoms with Crippen LogP contribution in [0.2, 0.25) is 0 Å². The fraction of sp³-hybridized carbons (Fsp3) is 0.269. The fourth-order valence-electron chi connectivity index (χ4n) is 4.44. The predicted octanol–water partition coefficient (Wildman–Crippen LogP) is 4.87. The number of aryl methyl sites for hydroxylation is 3. The molecule has 3 aromatic rings. The number of para-hydroxylation sites is 2. The van der Waals surface area contributed by atoms with Crippen molar-refractivity contribution in [2.45, 2.75) is 31.6 Å². The smallest absolute Gasteiger partial charge is 0.264 e. The maximum atomic E-state index is 13.9. The van der Waals surface area contributed by atoms with Gasteiger partial charge < -0.3 is 9.64 Å². The van der Waals surface area contributed by atoms with E-state index in [1.165, 1.54) is 38.4 Å². The van der Waals surface area contributed by atoms with Gasteiger partial charge in [0.1, 0.15) is 11.6 Å². The number of ether oxygens (including phenoxy) is 1. The minimum Gasteiger partial charge on any atom is -0.495 e. The molecular formula is C26H27FN2O4S. The summed E-state index contributed by atoms with van der Waals surface area (Å²) in [7, 11) is -1.04. The first-order valence-electron chi connectivity index (χ1n) is 11.0. The van der Waals surface area contributed by atoms with Gasteiger partial charge >= 0.3 is 0 Å². The number of sulfonamides is 1. The Balaban J connectivity index is 1.75. The number of nitrogens with zero attached hydrogens (tertiary/aromatic N) is 2. The van der Waals surface area contributed by atoms with Gasteiger partial charge in [0.05, 0.1) is 23.4 Å². The van der Waals surface area contributed by atoms with Gasteiger partial charge in [-0.15, -0.1) is 0 Å². The lowest BCUT2D eigenvalue weighted by Gasteiger charge is -2.32. The van der Waals surface area contributed by atoms with E-state index < -0.39 is 10.0 Å². The molecule has 34 heavy (non-hydrogen) atoms. The number of amides is 1. The molecule has 178 valence electrons. The van der Waals surface area contributed by atoms with Crippen molar-refractivity contribution in [2.24, 2.45) is 0 Å². The Morgan fingerprint density at radius 1 is 1.06 bits per heavy atom. The van der Waals surface area contributed by atoms with Crippen LogP contribution in [-0.4, -0.2) is 35.0 Å². The van der Waals surface area contributed by atoms with Gasteiger partial charge in [-0.25, -0.2) is 12.8 Å². The number of carbonyl (C=O) groups excluding carboxylic acids is 1. The molecule has 1 aliphatic heterocycles. The molecule has 1 amide bonds. The summed E-state index contributed by atoms with van der Waals surface area (Å²) in [6, 6.07) is 14.3.